The van der Waals surface area contributed by atoms with Gasteiger partial charge in [0.1, 0.15) is 6.10 Å². The molecule has 0 unspecified atom stereocenters. The molecule has 0 bridgehead atoms. The fourth-order valence-corrected chi connectivity index (χ4v) is 7.55. The number of carbonyl (C=O) groups is 1. The second-order valence-corrected chi connectivity index (χ2v) is 12.9. The third-order valence-corrected chi connectivity index (χ3v) is 9.89. The van der Waals surface area contributed by atoms with Crippen LogP contribution in [0.3, 0.4) is 0 Å². The highest BCUT2D eigenvalue weighted by molar-refractivity contribution is 5.75. The van der Waals surface area contributed by atoms with Crippen LogP contribution in [-0.4, -0.2) is 25.2 Å². The first kappa shape index (κ1) is 29.7. The molecule has 0 spiro atoms. The van der Waals surface area contributed by atoms with Gasteiger partial charge in [-0.05, 0) is 56.4 Å². The molecule has 3 aliphatic rings. The molecule has 208 valence electrons. The molecule has 5 atom stereocenters. The van der Waals surface area contributed by atoms with Crippen molar-refractivity contribution >= 4 is 5.97 Å². The Morgan fingerprint density at radius 3 is 2.03 bits per heavy atom. The Morgan fingerprint density at radius 1 is 0.889 bits per heavy atom. The van der Waals surface area contributed by atoms with E-state index in [1.54, 1.807) is 0 Å². The topological polar surface area (TPSA) is 38.3 Å². The van der Waals surface area contributed by atoms with E-state index < -0.39 is 0 Å². The molecule has 36 heavy (non-hydrogen) atoms. The Balaban J connectivity index is 1.14. The van der Waals surface area contributed by atoms with Crippen LogP contribution < -0.4 is 5.32 Å². The van der Waals surface area contributed by atoms with E-state index in [2.05, 4.69) is 25.7 Å². The summed E-state index contributed by atoms with van der Waals surface area (Å²) in [5.74, 6) is 1.08. The number of rotatable bonds is 19. The summed E-state index contributed by atoms with van der Waals surface area (Å²) < 4.78 is 5.91. The summed E-state index contributed by atoms with van der Waals surface area (Å²) in [6.45, 7) is 11.0. The summed E-state index contributed by atoms with van der Waals surface area (Å²) >= 11 is 0. The molecule has 0 aromatic heterocycles. The van der Waals surface area contributed by atoms with E-state index in [4.69, 9.17) is 4.74 Å². The van der Waals surface area contributed by atoms with Crippen molar-refractivity contribution in [1.29, 1.82) is 0 Å². The third kappa shape index (κ3) is 9.17. The van der Waals surface area contributed by atoms with E-state index in [0.717, 1.165) is 25.9 Å². The maximum absolute atomic E-state index is 12.7. The number of ether oxygens (including phenoxy) is 1. The first-order valence-electron chi connectivity index (χ1n) is 16.1. The Bertz CT molecular complexity index is 646. The number of carbonyl (C=O) groups excluding carboxylic acids is 1. The standard InChI is InChI=1S/C33H59NO2/c1-4-5-6-7-8-9-10-11-12-13-14-15-16-17-18-19-23-34-26-29-28-24-30-27(2)21-20-22-33(30,3)25-31(28)36-32(29)35/h28-31,34H,2,4-26H2,1,3H3/t28-,29-,30-,31+,33-/m1/s1. The van der Waals surface area contributed by atoms with Crippen LogP contribution in [0.5, 0.6) is 0 Å². The molecule has 3 rings (SSSR count). The van der Waals surface area contributed by atoms with Gasteiger partial charge in [-0.3, -0.25) is 4.79 Å². The quantitative estimate of drug-likeness (QED) is 0.109. The summed E-state index contributed by atoms with van der Waals surface area (Å²) in [7, 11) is 0. The lowest BCUT2D eigenvalue weighted by atomic mass is 9.55. The molecule has 3 nitrogen and oxygen atoms in total. The van der Waals surface area contributed by atoms with Gasteiger partial charge in [-0.1, -0.05) is 122 Å². The molecule has 0 aromatic rings. The van der Waals surface area contributed by atoms with Gasteiger partial charge in [0.15, 0.2) is 0 Å². The highest BCUT2D eigenvalue weighted by Crippen LogP contribution is 2.56. The van der Waals surface area contributed by atoms with Crippen LogP contribution in [-0.2, 0) is 9.53 Å². The van der Waals surface area contributed by atoms with Gasteiger partial charge in [0, 0.05) is 12.5 Å². The van der Waals surface area contributed by atoms with Gasteiger partial charge in [0.05, 0.1) is 5.92 Å². The van der Waals surface area contributed by atoms with Crippen LogP contribution in [0.15, 0.2) is 12.2 Å². The van der Waals surface area contributed by atoms with Gasteiger partial charge in [-0.15, -0.1) is 0 Å². The largest absolute Gasteiger partial charge is 0.462 e. The molecular weight excluding hydrogens is 442 g/mol. The van der Waals surface area contributed by atoms with Crippen molar-refractivity contribution in [3.8, 4) is 0 Å². The van der Waals surface area contributed by atoms with Crippen molar-refractivity contribution in [1.82, 2.24) is 5.32 Å². The Hall–Kier alpha value is -0.830. The summed E-state index contributed by atoms with van der Waals surface area (Å²) in [5, 5.41) is 3.61. The second kappa shape index (κ2) is 16.2. The normalized spacial score (nSPS) is 29.7. The Morgan fingerprint density at radius 2 is 1.44 bits per heavy atom. The Labute approximate surface area is 224 Å². The van der Waals surface area contributed by atoms with Gasteiger partial charge in [0.2, 0.25) is 0 Å². The van der Waals surface area contributed by atoms with Gasteiger partial charge < -0.3 is 10.1 Å². The highest BCUT2D eigenvalue weighted by atomic mass is 16.6. The second-order valence-electron chi connectivity index (χ2n) is 12.9. The first-order chi connectivity index (χ1) is 17.5. The lowest BCUT2D eigenvalue weighted by molar-refractivity contribution is -0.146. The predicted molar refractivity (Wildman–Crippen MR) is 153 cm³/mol. The monoisotopic (exact) mass is 501 g/mol. The zero-order chi connectivity index (χ0) is 25.6. The lowest BCUT2D eigenvalue weighted by Crippen LogP contribution is -2.45. The summed E-state index contributed by atoms with van der Waals surface area (Å²) in [6.07, 6.45) is 28.5. The van der Waals surface area contributed by atoms with Crippen LogP contribution in [0.4, 0.5) is 0 Å². The van der Waals surface area contributed by atoms with Crippen molar-refractivity contribution in [2.24, 2.45) is 23.2 Å². The molecule has 1 aliphatic heterocycles. The highest BCUT2D eigenvalue weighted by Gasteiger charge is 2.54. The average Bonchev–Trinajstić information content (AvgIpc) is 3.15. The molecule has 2 aliphatic carbocycles. The minimum Gasteiger partial charge on any atom is -0.462 e. The summed E-state index contributed by atoms with van der Waals surface area (Å²) in [4.78, 5) is 12.7. The number of nitrogens with one attached hydrogen (secondary N) is 1. The van der Waals surface area contributed by atoms with Crippen molar-refractivity contribution < 1.29 is 9.53 Å². The average molecular weight is 502 g/mol. The molecule has 1 heterocycles. The van der Waals surface area contributed by atoms with Crippen LogP contribution in [0.1, 0.15) is 149 Å². The molecule has 1 saturated heterocycles. The van der Waals surface area contributed by atoms with E-state index in [1.165, 1.54) is 128 Å². The van der Waals surface area contributed by atoms with E-state index in [-0.39, 0.29) is 18.0 Å². The molecule has 3 heteroatoms. The van der Waals surface area contributed by atoms with Gasteiger partial charge in [0.25, 0.3) is 0 Å². The van der Waals surface area contributed by atoms with Crippen molar-refractivity contribution in [2.45, 2.75) is 155 Å². The fraction of sp³-hybridized carbons (Fsp3) is 0.909. The molecule has 0 radical (unpaired) electrons. The molecule has 2 saturated carbocycles. The molecule has 3 fully saturated rings. The minimum absolute atomic E-state index is 0.0512. The number of hydrogen-bond acceptors (Lipinski definition) is 3. The summed E-state index contributed by atoms with van der Waals surface area (Å²) in [6, 6.07) is 0. The van der Waals surface area contributed by atoms with Crippen LogP contribution in [0.25, 0.3) is 0 Å². The number of allylic oxidation sites excluding steroid dienone is 1. The maximum atomic E-state index is 12.7. The number of fused-ring (bicyclic) bond motifs is 2. The molecule has 0 aromatic carbocycles. The van der Waals surface area contributed by atoms with E-state index >= 15 is 0 Å². The number of hydrogen-bond donors (Lipinski definition) is 1. The minimum atomic E-state index is 0.0512. The SMILES string of the molecule is C=C1CCC[C@]2(C)C[C@@H]3OC(=O)[C@H](CNCCCCCCCCCCCCCCCCCC)[C@H]3C[C@H]12. The van der Waals surface area contributed by atoms with Crippen molar-refractivity contribution in [3.63, 3.8) is 0 Å². The van der Waals surface area contributed by atoms with Crippen molar-refractivity contribution in [2.75, 3.05) is 13.1 Å². The predicted octanol–water partition coefficient (Wildman–Crippen LogP) is 9.15. The molecule has 0 amide bonds. The fourth-order valence-electron chi connectivity index (χ4n) is 7.55. The van der Waals surface area contributed by atoms with Crippen LogP contribution in [0.2, 0.25) is 0 Å². The lowest BCUT2D eigenvalue weighted by Gasteiger charge is -2.50. The number of unbranched alkanes of at least 4 members (excludes halogenated alkanes) is 15. The number of esters is 1. The van der Waals surface area contributed by atoms with Crippen LogP contribution in [0, 0.1) is 23.2 Å². The van der Waals surface area contributed by atoms with E-state index in [1.807, 2.05) is 0 Å². The Kier molecular flexibility index (Phi) is 13.4. The van der Waals surface area contributed by atoms with Crippen molar-refractivity contribution in [3.05, 3.63) is 12.2 Å². The summed E-state index contributed by atoms with van der Waals surface area (Å²) in [5.41, 5.74) is 1.73. The molecular formula is C33H59NO2. The van der Waals surface area contributed by atoms with Gasteiger partial charge in [-0.2, -0.15) is 0 Å². The van der Waals surface area contributed by atoms with Crippen LogP contribution >= 0.6 is 0 Å². The van der Waals surface area contributed by atoms with E-state index in [0.29, 0.717) is 17.3 Å². The zero-order valence-electron chi connectivity index (χ0n) is 24.1. The van der Waals surface area contributed by atoms with E-state index in [9.17, 15) is 4.79 Å². The van der Waals surface area contributed by atoms with Gasteiger partial charge in [-0.25, -0.2) is 0 Å². The smallest absolute Gasteiger partial charge is 0.310 e. The third-order valence-electron chi connectivity index (χ3n) is 9.89. The molecule has 1 N–H and O–H groups in total. The van der Waals surface area contributed by atoms with Gasteiger partial charge >= 0.3 is 5.97 Å². The maximum Gasteiger partial charge on any atom is 0.310 e. The first-order valence-corrected chi connectivity index (χ1v) is 16.1. The zero-order valence-corrected chi connectivity index (χ0v) is 24.1.